The smallest absolute Gasteiger partial charge is 0.161 e. The van der Waals surface area contributed by atoms with Gasteiger partial charge in [-0.25, -0.2) is 8.42 Å². The van der Waals surface area contributed by atoms with Crippen LogP contribution in [0.15, 0.2) is 18.2 Å². The van der Waals surface area contributed by atoms with E-state index < -0.39 is 9.84 Å². The molecule has 0 radical (unpaired) electrons. The maximum atomic E-state index is 11.4. The lowest BCUT2D eigenvalue weighted by Gasteiger charge is -2.13. The lowest BCUT2D eigenvalue weighted by atomic mass is 10.1. The summed E-state index contributed by atoms with van der Waals surface area (Å²) in [5.41, 5.74) is 6.81. The van der Waals surface area contributed by atoms with Gasteiger partial charge in [0.05, 0.1) is 12.9 Å². The molecule has 2 N–H and O–H groups in total. The highest BCUT2D eigenvalue weighted by molar-refractivity contribution is 7.91. The molecule has 0 aromatic heterocycles. The summed E-state index contributed by atoms with van der Waals surface area (Å²) in [5, 5.41) is 0. The third-order valence-electron chi connectivity index (χ3n) is 2.88. The van der Waals surface area contributed by atoms with Crippen LogP contribution in [0.1, 0.15) is 19.4 Å². The van der Waals surface area contributed by atoms with Gasteiger partial charge in [-0.1, -0.05) is 13.0 Å². The molecule has 0 saturated carbocycles. The molecule has 0 aliphatic heterocycles. The van der Waals surface area contributed by atoms with E-state index in [2.05, 4.69) is 0 Å². The van der Waals surface area contributed by atoms with E-state index in [0.717, 1.165) is 12.0 Å². The number of hydrogen-bond acceptors (Lipinski definition) is 5. The van der Waals surface area contributed by atoms with E-state index in [1.807, 2.05) is 19.1 Å². The Balaban J connectivity index is 2.76. The molecule has 6 heteroatoms. The second-order valence-electron chi connectivity index (χ2n) is 4.75. The molecular weight excluding hydrogens is 278 g/mol. The van der Waals surface area contributed by atoms with Gasteiger partial charge in [0.15, 0.2) is 21.3 Å². The Bertz CT molecular complexity index is 526. The predicted molar refractivity (Wildman–Crippen MR) is 80.2 cm³/mol. The van der Waals surface area contributed by atoms with Crippen molar-refractivity contribution in [1.29, 1.82) is 0 Å². The van der Waals surface area contributed by atoms with Crippen molar-refractivity contribution in [2.45, 2.75) is 26.3 Å². The summed E-state index contributed by atoms with van der Waals surface area (Å²) in [6.07, 6.45) is 0.730. The summed E-state index contributed by atoms with van der Waals surface area (Å²) in [6.45, 7) is 3.67. The number of rotatable bonds is 8. The van der Waals surface area contributed by atoms with Gasteiger partial charge in [-0.3, -0.25) is 0 Å². The molecule has 0 aliphatic rings. The van der Waals surface area contributed by atoms with Crippen LogP contribution in [-0.4, -0.2) is 39.7 Å². The molecule has 1 rings (SSSR count). The average molecular weight is 301 g/mol. The molecule has 0 fully saturated rings. The molecule has 0 amide bonds. The number of hydrogen-bond donors (Lipinski definition) is 1. The Morgan fingerprint density at radius 1 is 1.30 bits per heavy atom. The monoisotopic (exact) mass is 301 g/mol. The highest BCUT2D eigenvalue weighted by Gasteiger charge is 2.11. The molecule has 1 aromatic carbocycles. The second kappa shape index (κ2) is 7.50. The van der Waals surface area contributed by atoms with Gasteiger partial charge in [-0.15, -0.1) is 0 Å². The van der Waals surface area contributed by atoms with Crippen molar-refractivity contribution in [3.63, 3.8) is 0 Å². The molecule has 114 valence electrons. The zero-order valence-corrected chi connectivity index (χ0v) is 13.1. The van der Waals surface area contributed by atoms with Crippen molar-refractivity contribution in [1.82, 2.24) is 0 Å². The highest BCUT2D eigenvalue weighted by Crippen LogP contribution is 2.28. The SMILES string of the molecule is CCS(=O)(=O)CCOc1cc(CC(C)N)ccc1OC. The van der Waals surface area contributed by atoms with Gasteiger partial charge in [0.25, 0.3) is 0 Å². The first-order valence-electron chi connectivity index (χ1n) is 6.63. The Morgan fingerprint density at radius 3 is 2.55 bits per heavy atom. The highest BCUT2D eigenvalue weighted by atomic mass is 32.2. The number of methoxy groups -OCH3 is 1. The Labute approximate surface area is 121 Å². The van der Waals surface area contributed by atoms with Crippen molar-refractivity contribution in [2.75, 3.05) is 25.2 Å². The van der Waals surface area contributed by atoms with E-state index in [-0.39, 0.29) is 24.2 Å². The van der Waals surface area contributed by atoms with E-state index in [1.54, 1.807) is 20.1 Å². The van der Waals surface area contributed by atoms with Gasteiger partial charge in [-0.2, -0.15) is 0 Å². The Hall–Kier alpha value is -1.27. The molecule has 5 nitrogen and oxygen atoms in total. The summed E-state index contributed by atoms with van der Waals surface area (Å²) in [5.74, 6) is 1.27. The van der Waals surface area contributed by atoms with Crippen molar-refractivity contribution in [3.8, 4) is 11.5 Å². The van der Waals surface area contributed by atoms with Crippen LogP contribution < -0.4 is 15.2 Å². The largest absolute Gasteiger partial charge is 0.493 e. The second-order valence-corrected chi connectivity index (χ2v) is 7.22. The van der Waals surface area contributed by atoms with E-state index in [1.165, 1.54) is 0 Å². The summed E-state index contributed by atoms with van der Waals surface area (Å²) < 4.78 is 33.6. The first-order chi connectivity index (χ1) is 9.38. The number of benzene rings is 1. The van der Waals surface area contributed by atoms with E-state index >= 15 is 0 Å². The van der Waals surface area contributed by atoms with Crippen LogP contribution in [0.25, 0.3) is 0 Å². The number of nitrogens with two attached hydrogens (primary N) is 1. The quantitative estimate of drug-likeness (QED) is 0.785. The minimum Gasteiger partial charge on any atom is -0.493 e. The Morgan fingerprint density at radius 2 is 2.00 bits per heavy atom. The van der Waals surface area contributed by atoms with Crippen molar-refractivity contribution in [2.24, 2.45) is 5.73 Å². The molecule has 1 atom stereocenters. The molecule has 0 saturated heterocycles. The molecule has 1 aromatic rings. The number of ether oxygens (including phenoxy) is 2. The maximum absolute atomic E-state index is 11.4. The lowest BCUT2D eigenvalue weighted by Crippen LogP contribution is -2.18. The van der Waals surface area contributed by atoms with Crippen LogP contribution in [-0.2, 0) is 16.3 Å². The van der Waals surface area contributed by atoms with Gasteiger partial charge in [0.1, 0.15) is 6.61 Å². The predicted octanol–water partition coefficient (Wildman–Crippen LogP) is 1.40. The molecule has 0 heterocycles. The Kier molecular flexibility index (Phi) is 6.29. The summed E-state index contributed by atoms with van der Waals surface area (Å²) in [7, 11) is -1.47. The zero-order chi connectivity index (χ0) is 15.2. The van der Waals surface area contributed by atoms with Crippen LogP contribution in [0.3, 0.4) is 0 Å². The van der Waals surface area contributed by atoms with Gasteiger partial charge in [0, 0.05) is 11.8 Å². The zero-order valence-electron chi connectivity index (χ0n) is 12.3. The first-order valence-corrected chi connectivity index (χ1v) is 8.45. The standard InChI is InChI=1S/C14H23NO4S/c1-4-20(16,17)8-7-19-14-10-12(9-11(2)15)5-6-13(14)18-3/h5-6,10-11H,4,7-9,15H2,1-3H3. The summed E-state index contributed by atoms with van der Waals surface area (Å²) in [4.78, 5) is 0. The van der Waals surface area contributed by atoms with Crippen LogP contribution in [0.4, 0.5) is 0 Å². The van der Waals surface area contributed by atoms with Crippen molar-refractivity contribution in [3.05, 3.63) is 23.8 Å². The molecule has 1 unspecified atom stereocenters. The first kappa shape index (κ1) is 16.8. The molecule has 20 heavy (non-hydrogen) atoms. The number of sulfone groups is 1. The minimum atomic E-state index is -3.02. The van der Waals surface area contributed by atoms with Gasteiger partial charge in [-0.05, 0) is 31.0 Å². The molecular formula is C14H23NO4S. The topological polar surface area (TPSA) is 78.6 Å². The lowest BCUT2D eigenvalue weighted by molar-refractivity contribution is 0.311. The van der Waals surface area contributed by atoms with Crippen molar-refractivity contribution >= 4 is 9.84 Å². The maximum Gasteiger partial charge on any atom is 0.161 e. The van der Waals surface area contributed by atoms with Crippen LogP contribution in [0.2, 0.25) is 0 Å². The minimum absolute atomic E-state index is 0.00414. The van der Waals surface area contributed by atoms with Crippen molar-refractivity contribution < 1.29 is 17.9 Å². The van der Waals surface area contributed by atoms with Gasteiger partial charge < -0.3 is 15.2 Å². The summed E-state index contributed by atoms with van der Waals surface area (Å²) in [6, 6.07) is 5.64. The normalized spacial score (nSPS) is 13.0. The van der Waals surface area contributed by atoms with E-state index in [9.17, 15) is 8.42 Å². The third-order valence-corrected chi connectivity index (χ3v) is 4.55. The molecule has 0 aliphatic carbocycles. The molecule has 0 bridgehead atoms. The fraction of sp³-hybridized carbons (Fsp3) is 0.571. The average Bonchev–Trinajstić information content (AvgIpc) is 2.38. The van der Waals surface area contributed by atoms with E-state index in [4.69, 9.17) is 15.2 Å². The van der Waals surface area contributed by atoms with Gasteiger partial charge >= 0.3 is 0 Å². The van der Waals surface area contributed by atoms with Gasteiger partial charge in [0.2, 0.25) is 0 Å². The van der Waals surface area contributed by atoms with Crippen LogP contribution in [0.5, 0.6) is 11.5 Å². The fourth-order valence-corrected chi connectivity index (χ4v) is 2.38. The third kappa shape index (κ3) is 5.38. The van der Waals surface area contributed by atoms with E-state index in [0.29, 0.717) is 11.5 Å². The molecule has 0 spiro atoms. The van der Waals surface area contributed by atoms with Crippen LogP contribution >= 0.6 is 0 Å². The van der Waals surface area contributed by atoms with Crippen LogP contribution in [0, 0.1) is 0 Å². The summed E-state index contributed by atoms with van der Waals surface area (Å²) >= 11 is 0. The fourth-order valence-electron chi connectivity index (χ4n) is 1.76.